The molecule has 0 spiro atoms. The van der Waals surface area contributed by atoms with Gasteiger partial charge in [-0.1, -0.05) is 18.2 Å². The first-order valence-electron chi connectivity index (χ1n) is 12.6. The van der Waals surface area contributed by atoms with E-state index in [0.29, 0.717) is 37.4 Å². The summed E-state index contributed by atoms with van der Waals surface area (Å²) in [5.74, 6) is -0.0664. The van der Waals surface area contributed by atoms with Gasteiger partial charge in [-0.15, -0.1) is 0 Å². The van der Waals surface area contributed by atoms with E-state index in [9.17, 15) is 13.2 Å². The molecule has 5 rings (SSSR count). The van der Waals surface area contributed by atoms with Gasteiger partial charge in [-0.25, -0.2) is 18.1 Å². The summed E-state index contributed by atoms with van der Waals surface area (Å²) in [6, 6.07) is 9.29. The molecule has 1 unspecified atom stereocenters. The van der Waals surface area contributed by atoms with Crippen LogP contribution in [-0.4, -0.2) is 67.9 Å². The maximum Gasteiger partial charge on any atom is 0.274 e. The largest absolute Gasteiger partial charge is 0.472 e. The maximum absolute atomic E-state index is 13.0. The highest BCUT2D eigenvalue weighted by atomic mass is 32.2. The third-order valence-corrected chi connectivity index (χ3v) is 7.84. The Bertz CT molecular complexity index is 1610. The minimum absolute atomic E-state index is 0.0102. The van der Waals surface area contributed by atoms with Crippen molar-refractivity contribution in [3.63, 3.8) is 0 Å². The molecule has 204 valence electrons. The average Bonchev–Trinajstić information content (AvgIpc) is 3.64. The number of aromatic nitrogens is 6. The van der Waals surface area contributed by atoms with E-state index in [-0.39, 0.29) is 28.7 Å². The zero-order valence-corrected chi connectivity index (χ0v) is 23.0. The van der Waals surface area contributed by atoms with Crippen LogP contribution in [0, 0.1) is 13.8 Å². The lowest BCUT2D eigenvalue weighted by Crippen LogP contribution is -2.31. The third kappa shape index (κ3) is 5.62. The molecule has 1 N–H and O–H groups in total. The molecule has 1 amide bonds. The number of aryl methyl sites for hydroxylation is 4. The molecule has 13 heteroatoms. The first kappa shape index (κ1) is 26.4. The monoisotopic (exact) mass is 550 g/mol. The van der Waals surface area contributed by atoms with Crippen LogP contribution in [0.1, 0.15) is 35.0 Å². The lowest BCUT2D eigenvalue weighted by Gasteiger charge is -2.17. The molecular weight excluding hydrogens is 520 g/mol. The highest BCUT2D eigenvalue weighted by molar-refractivity contribution is 7.92. The number of sulfonamides is 1. The number of ether oxygens (including phenoxy) is 1. The SMILES string of the molecule is CCn1ccc(C(=O)N2CCC(Oc3cc(-c4c(C)cccc4C)nc(NS(=O)(=O)c4cnn(C)c4)n3)C2)n1. The number of amides is 1. The van der Waals surface area contributed by atoms with Crippen LogP contribution < -0.4 is 9.46 Å². The van der Waals surface area contributed by atoms with Crippen molar-refractivity contribution in [1.82, 2.24) is 34.4 Å². The second-order valence-corrected chi connectivity index (χ2v) is 11.2. The van der Waals surface area contributed by atoms with E-state index in [1.807, 2.05) is 39.0 Å². The quantitative estimate of drug-likeness (QED) is 0.354. The van der Waals surface area contributed by atoms with Gasteiger partial charge in [-0.3, -0.25) is 14.2 Å². The van der Waals surface area contributed by atoms with E-state index in [0.717, 1.165) is 16.7 Å². The molecule has 1 aliphatic heterocycles. The van der Waals surface area contributed by atoms with Crippen LogP contribution in [0.15, 0.2) is 53.8 Å². The maximum atomic E-state index is 13.0. The van der Waals surface area contributed by atoms with Crippen molar-refractivity contribution in [2.45, 2.75) is 44.7 Å². The van der Waals surface area contributed by atoms with Gasteiger partial charge in [0.2, 0.25) is 11.8 Å². The predicted octanol–water partition coefficient (Wildman–Crippen LogP) is 2.80. The van der Waals surface area contributed by atoms with E-state index < -0.39 is 10.0 Å². The number of carbonyl (C=O) groups is 1. The van der Waals surface area contributed by atoms with Crippen LogP contribution in [0.3, 0.4) is 0 Å². The molecule has 1 aliphatic rings. The van der Waals surface area contributed by atoms with Gasteiger partial charge in [0.15, 0.2) is 0 Å². The minimum atomic E-state index is -3.98. The molecule has 0 saturated carbocycles. The third-order valence-electron chi connectivity index (χ3n) is 6.56. The summed E-state index contributed by atoms with van der Waals surface area (Å²) in [5, 5.41) is 8.25. The van der Waals surface area contributed by atoms with E-state index in [1.54, 1.807) is 35.0 Å². The molecule has 1 aromatic carbocycles. The average molecular weight is 551 g/mol. The minimum Gasteiger partial charge on any atom is -0.472 e. The van der Waals surface area contributed by atoms with E-state index in [2.05, 4.69) is 24.9 Å². The van der Waals surface area contributed by atoms with Gasteiger partial charge in [0.25, 0.3) is 15.9 Å². The Labute approximate surface area is 226 Å². The molecule has 1 fully saturated rings. The normalized spacial score (nSPS) is 15.5. The molecular formula is C26H30N8O4S. The molecule has 1 atom stereocenters. The van der Waals surface area contributed by atoms with E-state index in [1.165, 1.54) is 17.1 Å². The van der Waals surface area contributed by atoms with Crippen molar-refractivity contribution in [2.24, 2.45) is 7.05 Å². The summed E-state index contributed by atoms with van der Waals surface area (Å²) in [5.41, 5.74) is 3.73. The number of anilines is 1. The smallest absolute Gasteiger partial charge is 0.274 e. The second-order valence-electron chi connectivity index (χ2n) is 9.47. The molecule has 39 heavy (non-hydrogen) atoms. The topological polar surface area (TPSA) is 137 Å². The van der Waals surface area contributed by atoms with Gasteiger partial charge in [-0.05, 0) is 38.0 Å². The van der Waals surface area contributed by atoms with Crippen molar-refractivity contribution < 1.29 is 17.9 Å². The van der Waals surface area contributed by atoms with Crippen LogP contribution in [0.4, 0.5) is 5.95 Å². The first-order valence-corrected chi connectivity index (χ1v) is 14.1. The number of rotatable bonds is 8. The number of hydrogen-bond acceptors (Lipinski definition) is 8. The van der Waals surface area contributed by atoms with E-state index >= 15 is 0 Å². The summed E-state index contributed by atoms with van der Waals surface area (Å²) >= 11 is 0. The van der Waals surface area contributed by atoms with Crippen molar-refractivity contribution in [2.75, 3.05) is 17.8 Å². The van der Waals surface area contributed by atoms with Crippen LogP contribution in [0.5, 0.6) is 5.88 Å². The van der Waals surface area contributed by atoms with Crippen molar-refractivity contribution >= 4 is 21.9 Å². The van der Waals surface area contributed by atoms with Crippen LogP contribution in [-0.2, 0) is 23.6 Å². The zero-order chi connectivity index (χ0) is 27.7. The van der Waals surface area contributed by atoms with Crippen LogP contribution in [0.2, 0.25) is 0 Å². The Balaban J connectivity index is 1.42. The molecule has 0 radical (unpaired) electrons. The summed E-state index contributed by atoms with van der Waals surface area (Å²) in [4.78, 5) is 23.5. The molecule has 1 saturated heterocycles. The first-order chi connectivity index (χ1) is 18.6. The molecule has 3 aromatic heterocycles. The van der Waals surface area contributed by atoms with Gasteiger partial charge >= 0.3 is 0 Å². The highest BCUT2D eigenvalue weighted by Gasteiger charge is 2.30. The number of nitrogens with zero attached hydrogens (tertiary/aromatic N) is 7. The lowest BCUT2D eigenvalue weighted by atomic mass is 10.00. The van der Waals surface area contributed by atoms with Gasteiger partial charge in [0.05, 0.1) is 18.4 Å². The molecule has 0 bridgehead atoms. The fourth-order valence-electron chi connectivity index (χ4n) is 4.59. The van der Waals surface area contributed by atoms with Gasteiger partial charge < -0.3 is 9.64 Å². The van der Waals surface area contributed by atoms with Gasteiger partial charge in [0, 0.05) is 50.6 Å². The molecule has 0 aliphatic carbocycles. The molecule has 4 aromatic rings. The van der Waals surface area contributed by atoms with E-state index in [4.69, 9.17) is 4.74 Å². The Kier molecular flexibility index (Phi) is 7.08. The van der Waals surface area contributed by atoms with Crippen LogP contribution in [0.25, 0.3) is 11.3 Å². The Morgan fingerprint density at radius 3 is 2.62 bits per heavy atom. The summed E-state index contributed by atoms with van der Waals surface area (Å²) in [7, 11) is -2.35. The van der Waals surface area contributed by atoms with Gasteiger partial charge in [0.1, 0.15) is 16.7 Å². The number of carbonyl (C=O) groups excluding carboxylic acids is 1. The predicted molar refractivity (Wildman–Crippen MR) is 144 cm³/mol. The fourth-order valence-corrected chi connectivity index (χ4v) is 5.51. The van der Waals surface area contributed by atoms with Crippen molar-refractivity contribution in [3.8, 4) is 17.1 Å². The number of likely N-dealkylation sites (tertiary alicyclic amines) is 1. The highest BCUT2D eigenvalue weighted by Crippen LogP contribution is 2.30. The van der Waals surface area contributed by atoms with Crippen LogP contribution >= 0.6 is 0 Å². The Hall–Kier alpha value is -4.26. The standard InChI is InChI=1S/C26H30N8O4S/c1-5-34-12-10-21(30-34)25(35)33-11-9-19(15-33)38-23-13-22(24-17(2)7-6-8-18(24)3)28-26(29-23)31-39(36,37)20-14-27-32(4)16-20/h6-8,10,12-14,16,19H,5,9,11,15H2,1-4H3,(H,28,29,31). The zero-order valence-electron chi connectivity index (χ0n) is 22.2. The summed E-state index contributed by atoms with van der Waals surface area (Å²) in [6.45, 7) is 7.44. The van der Waals surface area contributed by atoms with Crippen molar-refractivity contribution in [3.05, 3.63) is 65.7 Å². The molecule has 12 nitrogen and oxygen atoms in total. The number of hydrogen-bond donors (Lipinski definition) is 1. The summed E-state index contributed by atoms with van der Waals surface area (Å²) < 4.78 is 37.8. The lowest BCUT2D eigenvalue weighted by molar-refractivity contribution is 0.0764. The van der Waals surface area contributed by atoms with Gasteiger partial charge in [-0.2, -0.15) is 15.2 Å². The number of nitrogens with one attached hydrogen (secondary N) is 1. The molecule has 4 heterocycles. The number of benzene rings is 1. The van der Waals surface area contributed by atoms with Crippen molar-refractivity contribution in [1.29, 1.82) is 0 Å². The summed E-state index contributed by atoms with van der Waals surface area (Å²) in [6.07, 6.45) is 4.69. The second kappa shape index (κ2) is 10.5. The fraction of sp³-hybridized carbons (Fsp3) is 0.346. The Morgan fingerprint density at radius 2 is 1.95 bits per heavy atom. The Morgan fingerprint density at radius 1 is 1.18 bits per heavy atom.